The molecule has 2 N–H and O–H groups in total. The van der Waals surface area contributed by atoms with E-state index in [2.05, 4.69) is 5.32 Å². The number of likely N-dealkylation sites (tertiary alicyclic amines) is 1. The van der Waals surface area contributed by atoms with Crippen molar-refractivity contribution in [2.45, 2.75) is 59.1 Å². The summed E-state index contributed by atoms with van der Waals surface area (Å²) >= 11 is 0. The lowest BCUT2D eigenvalue weighted by Crippen LogP contribution is -2.50. The van der Waals surface area contributed by atoms with Crippen molar-refractivity contribution in [1.82, 2.24) is 10.2 Å². The van der Waals surface area contributed by atoms with Crippen molar-refractivity contribution in [2.24, 2.45) is 11.8 Å². The quantitative estimate of drug-likeness (QED) is 0.737. The molecule has 1 saturated heterocycles. The van der Waals surface area contributed by atoms with Gasteiger partial charge in [-0.2, -0.15) is 0 Å². The van der Waals surface area contributed by atoms with Gasteiger partial charge in [-0.25, -0.2) is 0 Å². The van der Waals surface area contributed by atoms with Crippen LogP contribution in [0.15, 0.2) is 0 Å². The van der Waals surface area contributed by atoms with Crippen molar-refractivity contribution in [1.29, 1.82) is 0 Å². The molecule has 0 bridgehead atoms. The molecule has 0 aromatic carbocycles. The Bertz CT molecular complexity index is 342. The molecular formula is C15H28N2O3. The largest absolute Gasteiger partial charge is 0.393 e. The zero-order valence-corrected chi connectivity index (χ0v) is 13.1. The molecule has 0 aromatic heterocycles. The number of nitrogens with one attached hydrogen (secondary N) is 1. The molecule has 116 valence electrons. The van der Waals surface area contributed by atoms with E-state index in [1.54, 1.807) is 4.90 Å². The van der Waals surface area contributed by atoms with E-state index in [1.165, 1.54) is 0 Å². The maximum atomic E-state index is 12.3. The number of rotatable bonds is 7. The molecule has 2 atom stereocenters. The van der Waals surface area contributed by atoms with Gasteiger partial charge in [0, 0.05) is 19.5 Å². The monoisotopic (exact) mass is 284 g/mol. The molecule has 0 aliphatic carbocycles. The van der Waals surface area contributed by atoms with Crippen LogP contribution in [0.1, 0.15) is 47.0 Å². The van der Waals surface area contributed by atoms with Crippen LogP contribution in [0.5, 0.6) is 0 Å². The van der Waals surface area contributed by atoms with Crippen LogP contribution in [-0.4, -0.2) is 47.1 Å². The fraction of sp³-hybridized carbons (Fsp3) is 0.867. The van der Waals surface area contributed by atoms with Gasteiger partial charge >= 0.3 is 0 Å². The highest BCUT2D eigenvalue weighted by Gasteiger charge is 2.34. The highest BCUT2D eigenvalue weighted by atomic mass is 16.3. The van der Waals surface area contributed by atoms with Crippen LogP contribution in [0.3, 0.4) is 0 Å². The first kappa shape index (κ1) is 17.0. The van der Waals surface area contributed by atoms with Gasteiger partial charge in [-0.05, 0) is 24.7 Å². The molecule has 1 aliphatic heterocycles. The Labute approximate surface area is 121 Å². The van der Waals surface area contributed by atoms with E-state index in [1.807, 2.05) is 27.7 Å². The fourth-order valence-electron chi connectivity index (χ4n) is 2.55. The summed E-state index contributed by atoms with van der Waals surface area (Å²) in [7, 11) is 0. The van der Waals surface area contributed by atoms with Gasteiger partial charge in [-0.15, -0.1) is 0 Å². The second-order valence-electron chi connectivity index (χ2n) is 6.27. The molecule has 1 aliphatic rings. The van der Waals surface area contributed by atoms with Gasteiger partial charge in [-0.3, -0.25) is 9.59 Å². The normalized spacial score (nSPS) is 18.8. The number of carbonyl (C=O) groups is 2. The number of nitrogens with zero attached hydrogens (tertiary/aromatic N) is 1. The number of carbonyl (C=O) groups excluding carboxylic acids is 2. The molecule has 2 amide bonds. The van der Waals surface area contributed by atoms with Crippen LogP contribution in [0.4, 0.5) is 0 Å². The highest BCUT2D eigenvalue weighted by molar-refractivity contribution is 5.88. The molecule has 1 heterocycles. The lowest BCUT2D eigenvalue weighted by Gasteiger charge is -2.30. The van der Waals surface area contributed by atoms with Gasteiger partial charge in [0.15, 0.2) is 0 Å². The van der Waals surface area contributed by atoms with Crippen molar-refractivity contribution in [3.63, 3.8) is 0 Å². The van der Waals surface area contributed by atoms with Gasteiger partial charge in [0.2, 0.25) is 11.8 Å². The van der Waals surface area contributed by atoms with E-state index in [9.17, 15) is 14.7 Å². The summed E-state index contributed by atoms with van der Waals surface area (Å²) < 4.78 is 0. The molecule has 0 saturated carbocycles. The Morgan fingerprint density at radius 3 is 2.40 bits per heavy atom. The van der Waals surface area contributed by atoms with Gasteiger partial charge < -0.3 is 15.3 Å². The van der Waals surface area contributed by atoms with Gasteiger partial charge in [0.25, 0.3) is 0 Å². The summed E-state index contributed by atoms with van der Waals surface area (Å²) in [4.78, 5) is 25.8. The van der Waals surface area contributed by atoms with E-state index < -0.39 is 6.10 Å². The minimum absolute atomic E-state index is 0.0704. The maximum absolute atomic E-state index is 12.3. The van der Waals surface area contributed by atoms with Crippen molar-refractivity contribution in [3.05, 3.63) is 0 Å². The first-order valence-corrected chi connectivity index (χ1v) is 7.59. The molecule has 1 rings (SSSR count). The summed E-state index contributed by atoms with van der Waals surface area (Å²) in [6, 6.07) is -0.388. The zero-order chi connectivity index (χ0) is 15.3. The third kappa shape index (κ3) is 4.47. The molecule has 5 heteroatoms. The zero-order valence-electron chi connectivity index (χ0n) is 13.1. The van der Waals surface area contributed by atoms with E-state index in [0.29, 0.717) is 25.9 Å². The molecule has 0 radical (unpaired) electrons. The van der Waals surface area contributed by atoms with Crippen molar-refractivity contribution >= 4 is 11.8 Å². The van der Waals surface area contributed by atoms with Crippen molar-refractivity contribution < 1.29 is 14.7 Å². The fourth-order valence-corrected chi connectivity index (χ4v) is 2.55. The first-order chi connectivity index (χ1) is 9.34. The lowest BCUT2D eigenvalue weighted by atomic mass is 10.0. The highest BCUT2D eigenvalue weighted by Crippen LogP contribution is 2.19. The number of amides is 2. The Balaban J connectivity index is 2.51. The summed E-state index contributed by atoms with van der Waals surface area (Å²) in [6.45, 7) is 8.93. The average Bonchev–Trinajstić information content (AvgIpc) is 2.75. The minimum Gasteiger partial charge on any atom is -0.393 e. The standard InChI is InChI=1S/C15H28N2O3/c1-10(2)12(18)7-8-16-15(20)14(11(3)4)17-9-5-6-13(17)19/h10-12,14,18H,5-9H2,1-4H3,(H,16,20). The Hall–Kier alpha value is -1.10. The van der Waals surface area contributed by atoms with Crippen molar-refractivity contribution in [3.8, 4) is 0 Å². The summed E-state index contributed by atoms with van der Waals surface area (Å²) in [6.07, 6.45) is 1.52. The number of aliphatic hydroxyl groups is 1. The lowest BCUT2D eigenvalue weighted by molar-refractivity contribution is -0.139. The summed E-state index contributed by atoms with van der Waals surface area (Å²) in [5, 5.41) is 12.6. The topological polar surface area (TPSA) is 69.6 Å². The van der Waals surface area contributed by atoms with Gasteiger partial charge in [-0.1, -0.05) is 27.7 Å². The predicted octanol–water partition coefficient (Wildman–Crippen LogP) is 1.16. The van der Waals surface area contributed by atoms with Crippen LogP contribution >= 0.6 is 0 Å². The molecule has 20 heavy (non-hydrogen) atoms. The molecule has 5 nitrogen and oxygen atoms in total. The number of aliphatic hydroxyl groups excluding tert-OH is 1. The second-order valence-corrected chi connectivity index (χ2v) is 6.27. The van der Waals surface area contributed by atoms with Gasteiger partial charge in [0.05, 0.1) is 6.10 Å². The maximum Gasteiger partial charge on any atom is 0.243 e. The van der Waals surface area contributed by atoms with Gasteiger partial charge in [0.1, 0.15) is 6.04 Å². The second kappa shape index (κ2) is 7.62. The average molecular weight is 284 g/mol. The SMILES string of the molecule is CC(C)C(O)CCNC(=O)C(C(C)C)N1CCCC1=O. The summed E-state index contributed by atoms with van der Waals surface area (Å²) in [5.41, 5.74) is 0. The Morgan fingerprint density at radius 1 is 1.30 bits per heavy atom. The molecule has 0 spiro atoms. The van der Waals surface area contributed by atoms with E-state index in [-0.39, 0.29) is 29.7 Å². The van der Waals surface area contributed by atoms with E-state index >= 15 is 0 Å². The predicted molar refractivity (Wildman–Crippen MR) is 78.0 cm³/mol. The molecule has 0 aromatic rings. The van der Waals surface area contributed by atoms with Crippen LogP contribution < -0.4 is 5.32 Å². The van der Waals surface area contributed by atoms with E-state index in [0.717, 1.165) is 6.42 Å². The van der Waals surface area contributed by atoms with Crippen LogP contribution in [0.2, 0.25) is 0 Å². The van der Waals surface area contributed by atoms with Crippen LogP contribution in [0.25, 0.3) is 0 Å². The number of hydrogen-bond acceptors (Lipinski definition) is 3. The molecular weight excluding hydrogens is 256 g/mol. The van der Waals surface area contributed by atoms with Crippen LogP contribution in [0, 0.1) is 11.8 Å². The third-order valence-electron chi connectivity index (χ3n) is 3.85. The minimum atomic E-state index is -0.402. The van der Waals surface area contributed by atoms with E-state index in [4.69, 9.17) is 0 Å². The van der Waals surface area contributed by atoms with Crippen LogP contribution in [-0.2, 0) is 9.59 Å². The molecule has 1 fully saturated rings. The smallest absolute Gasteiger partial charge is 0.243 e. The molecule has 2 unspecified atom stereocenters. The Morgan fingerprint density at radius 2 is 1.95 bits per heavy atom. The third-order valence-corrected chi connectivity index (χ3v) is 3.85. The number of hydrogen-bond donors (Lipinski definition) is 2. The van der Waals surface area contributed by atoms with Crippen molar-refractivity contribution in [2.75, 3.05) is 13.1 Å². The summed E-state index contributed by atoms with van der Waals surface area (Å²) in [5.74, 6) is 0.243. The Kier molecular flexibility index (Phi) is 6.46. The first-order valence-electron chi connectivity index (χ1n) is 7.59.